The fourth-order valence-corrected chi connectivity index (χ4v) is 3.51. The maximum absolute atomic E-state index is 14.2. The standard InChI is InChI=1S/C24H25FN2O2/c25-21-11-3-2-9-19(21)17-27-15-6-1-7-16-28-22-12-4-5-13-23(22)29-24-20(18-27)10-8-14-26-24/h2-5,8-14H,1,6-7,15-18H2. The Morgan fingerprint density at radius 2 is 1.72 bits per heavy atom. The number of aromatic nitrogens is 1. The molecule has 0 aliphatic carbocycles. The van der Waals surface area contributed by atoms with Crippen molar-refractivity contribution in [2.45, 2.75) is 32.4 Å². The molecule has 3 aromatic rings. The number of para-hydroxylation sites is 2. The van der Waals surface area contributed by atoms with Crippen LogP contribution in [0.1, 0.15) is 30.4 Å². The first-order valence-corrected chi connectivity index (χ1v) is 10.1. The van der Waals surface area contributed by atoms with Crippen molar-refractivity contribution in [1.82, 2.24) is 9.88 Å². The first kappa shape index (κ1) is 19.4. The van der Waals surface area contributed by atoms with Crippen LogP contribution in [0.3, 0.4) is 0 Å². The van der Waals surface area contributed by atoms with Crippen molar-refractivity contribution < 1.29 is 13.9 Å². The van der Waals surface area contributed by atoms with Crippen LogP contribution in [0.4, 0.5) is 4.39 Å². The summed E-state index contributed by atoms with van der Waals surface area (Å²) in [6, 6.07) is 18.6. The molecule has 0 fully saturated rings. The van der Waals surface area contributed by atoms with Crippen LogP contribution in [-0.2, 0) is 13.1 Å². The van der Waals surface area contributed by atoms with Crippen LogP contribution in [0.15, 0.2) is 66.9 Å². The topological polar surface area (TPSA) is 34.6 Å². The highest BCUT2D eigenvalue weighted by Crippen LogP contribution is 2.32. The summed E-state index contributed by atoms with van der Waals surface area (Å²) >= 11 is 0. The van der Waals surface area contributed by atoms with E-state index in [4.69, 9.17) is 9.47 Å². The van der Waals surface area contributed by atoms with Gasteiger partial charge in [-0.15, -0.1) is 0 Å². The molecule has 0 unspecified atom stereocenters. The Hall–Kier alpha value is -2.92. The molecule has 2 heterocycles. The van der Waals surface area contributed by atoms with E-state index in [1.807, 2.05) is 48.5 Å². The lowest BCUT2D eigenvalue weighted by Crippen LogP contribution is -2.25. The molecular weight excluding hydrogens is 367 g/mol. The van der Waals surface area contributed by atoms with Gasteiger partial charge in [0, 0.05) is 30.4 Å². The second kappa shape index (κ2) is 9.52. The van der Waals surface area contributed by atoms with Gasteiger partial charge in [0.05, 0.1) is 6.61 Å². The Bertz CT molecular complexity index is 947. The number of halogens is 1. The molecule has 0 radical (unpaired) electrons. The molecule has 0 saturated heterocycles. The smallest absolute Gasteiger partial charge is 0.223 e. The van der Waals surface area contributed by atoms with E-state index in [1.54, 1.807) is 12.3 Å². The molecular formula is C24H25FN2O2. The van der Waals surface area contributed by atoms with E-state index in [9.17, 15) is 4.39 Å². The molecule has 0 bridgehead atoms. The highest BCUT2D eigenvalue weighted by Gasteiger charge is 2.16. The van der Waals surface area contributed by atoms with Gasteiger partial charge in [-0.1, -0.05) is 36.4 Å². The Balaban J connectivity index is 1.62. The summed E-state index contributed by atoms with van der Waals surface area (Å²) in [7, 11) is 0. The van der Waals surface area contributed by atoms with Crippen LogP contribution >= 0.6 is 0 Å². The molecule has 0 atom stereocenters. The average Bonchev–Trinajstić information content (AvgIpc) is 2.75. The maximum Gasteiger partial charge on any atom is 0.223 e. The van der Waals surface area contributed by atoms with Crippen LogP contribution in [0, 0.1) is 5.82 Å². The summed E-state index contributed by atoms with van der Waals surface area (Å²) in [5, 5.41) is 0. The van der Waals surface area contributed by atoms with Gasteiger partial charge in [0.15, 0.2) is 11.5 Å². The lowest BCUT2D eigenvalue weighted by molar-refractivity contribution is 0.241. The number of benzene rings is 2. The van der Waals surface area contributed by atoms with Gasteiger partial charge in [0.25, 0.3) is 0 Å². The molecule has 29 heavy (non-hydrogen) atoms. The highest BCUT2D eigenvalue weighted by atomic mass is 19.1. The number of pyridine rings is 1. The predicted octanol–water partition coefficient (Wildman–Crippen LogP) is 5.58. The van der Waals surface area contributed by atoms with Crippen molar-refractivity contribution in [1.29, 1.82) is 0 Å². The Morgan fingerprint density at radius 3 is 2.62 bits per heavy atom. The molecule has 2 aromatic carbocycles. The van der Waals surface area contributed by atoms with Crippen molar-refractivity contribution in [3.8, 4) is 17.4 Å². The fourth-order valence-electron chi connectivity index (χ4n) is 3.51. The lowest BCUT2D eigenvalue weighted by Gasteiger charge is -2.23. The monoisotopic (exact) mass is 392 g/mol. The number of hydrogen-bond acceptors (Lipinski definition) is 4. The van der Waals surface area contributed by atoms with Crippen LogP contribution < -0.4 is 9.47 Å². The van der Waals surface area contributed by atoms with E-state index in [1.165, 1.54) is 6.07 Å². The first-order chi connectivity index (χ1) is 14.3. The van der Waals surface area contributed by atoms with Gasteiger partial charge in [-0.3, -0.25) is 4.90 Å². The third kappa shape index (κ3) is 5.12. The van der Waals surface area contributed by atoms with E-state index >= 15 is 0 Å². The van der Waals surface area contributed by atoms with Crippen LogP contribution in [0.25, 0.3) is 0 Å². The molecule has 1 aromatic heterocycles. The summed E-state index contributed by atoms with van der Waals surface area (Å²) in [5.74, 6) is 1.78. The van der Waals surface area contributed by atoms with Gasteiger partial charge in [-0.05, 0) is 50.1 Å². The molecule has 0 spiro atoms. The summed E-state index contributed by atoms with van der Waals surface area (Å²) in [4.78, 5) is 6.71. The van der Waals surface area contributed by atoms with E-state index < -0.39 is 0 Å². The van der Waals surface area contributed by atoms with Crippen molar-refractivity contribution in [3.05, 3.63) is 83.8 Å². The normalized spacial score (nSPS) is 15.5. The number of rotatable bonds is 2. The third-order valence-corrected chi connectivity index (χ3v) is 5.03. The average molecular weight is 392 g/mol. The summed E-state index contributed by atoms with van der Waals surface area (Å²) in [6.45, 7) is 2.70. The van der Waals surface area contributed by atoms with Crippen molar-refractivity contribution in [2.75, 3.05) is 13.2 Å². The van der Waals surface area contributed by atoms with Crippen LogP contribution in [0.2, 0.25) is 0 Å². The molecule has 0 saturated carbocycles. The fraction of sp³-hybridized carbons (Fsp3) is 0.292. The zero-order valence-electron chi connectivity index (χ0n) is 16.4. The first-order valence-electron chi connectivity index (χ1n) is 10.1. The van der Waals surface area contributed by atoms with Crippen LogP contribution in [0.5, 0.6) is 17.4 Å². The van der Waals surface area contributed by atoms with Crippen molar-refractivity contribution in [2.24, 2.45) is 0 Å². The minimum Gasteiger partial charge on any atom is -0.490 e. The molecule has 1 aliphatic heterocycles. The number of fused-ring (bicyclic) bond motifs is 2. The van der Waals surface area contributed by atoms with Gasteiger partial charge in [0.2, 0.25) is 5.88 Å². The highest BCUT2D eigenvalue weighted by molar-refractivity contribution is 5.43. The Labute approximate surface area is 170 Å². The quantitative estimate of drug-likeness (QED) is 0.570. The molecule has 0 amide bonds. The summed E-state index contributed by atoms with van der Waals surface area (Å²) < 4.78 is 26.3. The number of ether oxygens (including phenoxy) is 2. The summed E-state index contributed by atoms with van der Waals surface area (Å²) in [5.41, 5.74) is 1.68. The van der Waals surface area contributed by atoms with E-state index in [0.29, 0.717) is 36.9 Å². The number of nitrogens with zero attached hydrogens (tertiary/aromatic N) is 2. The second-order valence-electron chi connectivity index (χ2n) is 7.23. The van der Waals surface area contributed by atoms with Gasteiger partial charge < -0.3 is 9.47 Å². The van der Waals surface area contributed by atoms with E-state index in [-0.39, 0.29) is 5.82 Å². The third-order valence-electron chi connectivity index (χ3n) is 5.03. The van der Waals surface area contributed by atoms with Crippen molar-refractivity contribution >= 4 is 0 Å². The SMILES string of the molecule is Fc1ccccc1CN1CCCCCOc2ccccc2Oc2ncccc2C1. The Morgan fingerprint density at radius 1 is 0.897 bits per heavy atom. The zero-order valence-corrected chi connectivity index (χ0v) is 16.4. The number of hydrogen-bond donors (Lipinski definition) is 0. The lowest BCUT2D eigenvalue weighted by atomic mass is 10.1. The second-order valence-corrected chi connectivity index (χ2v) is 7.23. The molecule has 1 aliphatic rings. The van der Waals surface area contributed by atoms with Crippen molar-refractivity contribution in [3.63, 3.8) is 0 Å². The van der Waals surface area contributed by atoms with E-state index in [2.05, 4.69) is 9.88 Å². The Kier molecular flexibility index (Phi) is 6.37. The van der Waals surface area contributed by atoms with Gasteiger partial charge in [-0.2, -0.15) is 0 Å². The van der Waals surface area contributed by atoms with Crippen LogP contribution in [-0.4, -0.2) is 23.0 Å². The summed E-state index contributed by atoms with van der Waals surface area (Å²) in [6.07, 6.45) is 4.77. The molecule has 4 nitrogen and oxygen atoms in total. The van der Waals surface area contributed by atoms with Gasteiger partial charge >= 0.3 is 0 Å². The molecule has 4 rings (SSSR count). The molecule has 150 valence electrons. The molecule has 5 heteroatoms. The minimum absolute atomic E-state index is 0.166. The van der Waals surface area contributed by atoms with Gasteiger partial charge in [0.1, 0.15) is 5.82 Å². The van der Waals surface area contributed by atoms with Gasteiger partial charge in [-0.25, -0.2) is 9.37 Å². The largest absolute Gasteiger partial charge is 0.490 e. The minimum atomic E-state index is -0.166. The molecule has 0 N–H and O–H groups in total. The maximum atomic E-state index is 14.2. The zero-order chi connectivity index (χ0) is 19.9. The predicted molar refractivity (Wildman–Crippen MR) is 111 cm³/mol. The van der Waals surface area contributed by atoms with E-state index in [0.717, 1.165) is 37.1 Å².